The number of nitrogen functional groups attached to an aromatic ring is 1. The van der Waals surface area contributed by atoms with Gasteiger partial charge in [0.25, 0.3) is 0 Å². The van der Waals surface area contributed by atoms with Gasteiger partial charge in [-0.05, 0) is 12.1 Å². The van der Waals surface area contributed by atoms with Crippen molar-refractivity contribution in [1.82, 2.24) is 9.97 Å². The van der Waals surface area contributed by atoms with Gasteiger partial charge < -0.3 is 15.2 Å². The van der Waals surface area contributed by atoms with Gasteiger partial charge >= 0.3 is 0 Å². The first kappa shape index (κ1) is 14.6. The van der Waals surface area contributed by atoms with Crippen LogP contribution in [0.5, 0.6) is 17.4 Å². The molecule has 21 heavy (non-hydrogen) atoms. The zero-order valence-corrected chi connectivity index (χ0v) is 12.1. The number of nitrogens with two attached hydrogens (primary N) is 1. The fraction of sp³-hybridized carbons (Fsp3) is 0.267. The lowest BCUT2D eigenvalue weighted by molar-refractivity contribution is 0.373. The van der Waals surface area contributed by atoms with Crippen LogP contribution in [0.25, 0.3) is 0 Å². The number of nitriles is 1. The monoisotopic (exact) mass is 284 g/mol. The van der Waals surface area contributed by atoms with Crippen LogP contribution >= 0.6 is 0 Å². The van der Waals surface area contributed by atoms with Crippen molar-refractivity contribution in [3.8, 4) is 23.4 Å². The molecule has 0 unspecified atom stereocenters. The molecule has 0 aliphatic heterocycles. The largest absolute Gasteiger partial charge is 0.493 e. The van der Waals surface area contributed by atoms with Crippen molar-refractivity contribution >= 4 is 5.82 Å². The molecular formula is C15H16N4O2. The van der Waals surface area contributed by atoms with Gasteiger partial charge in [-0.2, -0.15) is 10.2 Å². The van der Waals surface area contributed by atoms with E-state index in [0.29, 0.717) is 34.6 Å². The van der Waals surface area contributed by atoms with Crippen molar-refractivity contribution in [2.75, 3.05) is 12.8 Å². The molecule has 0 aliphatic carbocycles. The predicted molar refractivity (Wildman–Crippen MR) is 78.3 cm³/mol. The van der Waals surface area contributed by atoms with Crippen LogP contribution < -0.4 is 15.2 Å². The van der Waals surface area contributed by atoms with Crippen molar-refractivity contribution in [3.05, 3.63) is 35.7 Å². The lowest BCUT2D eigenvalue weighted by Crippen LogP contribution is -2.03. The van der Waals surface area contributed by atoms with E-state index in [9.17, 15) is 0 Å². The topological polar surface area (TPSA) is 94.0 Å². The average molecular weight is 284 g/mol. The minimum Gasteiger partial charge on any atom is -0.493 e. The maximum absolute atomic E-state index is 8.89. The molecular weight excluding hydrogens is 268 g/mol. The first-order valence-corrected chi connectivity index (χ1v) is 6.44. The highest BCUT2D eigenvalue weighted by atomic mass is 16.5. The summed E-state index contributed by atoms with van der Waals surface area (Å²) in [5, 5.41) is 8.89. The van der Waals surface area contributed by atoms with Crippen LogP contribution in [0.2, 0.25) is 0 Å². The number of anilines is 1. The number of ether oxygens (including phenoxy) is 2. The van der Waals surface area contributed by atoms with E-state index in [2.05, 4.69) is 9.97 Å². The fourth-order valence-electron chi connectivity index (χ4n) is 1.71. The number of nitrogens with zero attached hydrogens (tertiary/aromatic N) is 3. The molecule has 1 heterocycles. The highest BCUT2D eigenvalue weighted by Gasteiger charge is 2.11. The second kappa shape index (κ2) is 6.09. The number of methoxy groups -OCH3 is 1. The maximum Gasteiger partial charge on any atom is 0.224 e. The van der Waals surface area contributed by atoms with Crippen LogP contribution in [0.15, 0.2) is 24.3 Å². The van der Waals surface area contributed by atoms with E-state index in [1.165, 1.54) is 7.11 Å². The molecule has 0 fully saturated rings. The van der Waals surface area contributed by atoms with E-state index >= 15 is 0 Å². The predicted octanol–water partition coefficient (Wildman–Crippen LogP) is 2.85. The van der Waals surface area contributed by atoms with E-state index < -0.39 is 0 Å². The van der Waals surface area contributed by atoms with Gasteiger partial charge in [0.05, 0.1) is 18.7 Å². The third-order valence-corrected chi connectivity index (χ3v) is 2.76. The summed E-state index contributed by atoms with van der Waals surface area (Å²) in [4.78, 5) is 8.47. The molecule has 0 radical (unpaired) electrons. The molecule has 1 aromatic heterocycles. The van der Waals surface area contributed by atoms with E-state index in [0.717, 1.165) is 0 Å². The average Bonchev–Trinajstić information content (AvgIpc) is 2.47. The molecule has 0 amide bonds. The molecule has 2 aromatic rings. The van der Waals surface area contributed by atoms with Crippen LogP contribution in [0.1, 0.15) is 31.2 Å². The normalized spacial score (nSPS) is 10.2. The Labute approximate surface area is 123 Å². The summed E-state index contributed by atoms with van der Waals surface area (Å²) in [6.07, 6.45) is 0. The van der Waals surface area contributed by atoms with Crippen LogP contribution in [-0.4, -0.2) is 17.1 Å². The third kappa shape index (κ3) is 3.39. The SMILES string of the molecule is COc1cc(C#N)ccc1Oc1cc(N)nc(C(C)C)n1. The van der Waals surface area contributed by atoms with Crippen molar-refractivity contribution < 1.29 is 9.47 Å². The number of hydrogen-bond donors (Lipinski definition) is 1. The standard InChI is InChI=1S/C15H16N4O2/c1-9(2)15-18-13(17)7-14(19-15)21-11-5-4-10(8-16)6-12(11)20-3/h4-7,9H,1-3H3,(H2,17,18,19). The van der Waals surface area contributed by atoms with Crippen LogP contribution in [0, 0.1) is 11.3 Å². The summed E-state index contributed by atoms with van der Waals surface area (Å²) in [5.74, 6) is 2.35. The summed E-state index contributed by atoms with van der Waals surface area (Å²) in [6, 6.07) is 8.49. The molecule has 0 saturated heterocycles. The van der Waals surface area contributed by atoms with Gasteiger partial charge in [0.1, 0.15) is 11.6 Å². The Morgan fingerprint density at radius 1 is 1.19 bits per heavy atom. The number of rotatable bonds is 4. The Balaban J connectivity index is 2.36. The zero-order valence-electron chi connectivity index (χ0n) is 12.1. The summed E-state index contributed by atoms with van der Waals surface area (Å²) in [6.45, 7) is 3.95. The van der Waals surface area contributed by atoms with Crippen molar-refractivity contribution in [2.45, 2.75) is 19.8 Å². The van der Waals surface area contributed by atoms with E-state index in [4.69, 9.17) is 20.5 Å². The first-order chi connectivity index (χ1) is 10.0. The molecule has 6 heteroatoms. The van der Waals surface area contributed by atoms with Gasteiger partial charge in [0, 0.05) is 18.1 Å². The Hall–Kier alpha value is -2.81. The van der Waals surface area contributed by atoms with E-state index in [1.54, 1.807) is 24.3 Å². The smallest absolute Gasteiger partial charge is 0.224 e. The Morgan fingerprint density at radius 2 is 1.95 bits per heavy atom. The molecule has 0 spiro atoms. The Kier molecular flexibility index (Phi) is 4.24. The van der Waals surface area contributed by atoms with Gasteiger partial charge in [-0.15, -0.1) is 0 Å². The van der Waals surface area contributed by atoms with Crippen molar-refractivity contribution in [1.29, 1.82) is 5.26 Å². The van der Waals surface area contributed by atoms with Gasteiger partial charge in [-0.3, -0.25) is 0 Å². The highest BCUT2D eigenvalue weighted by Crippen LogP contribution is 2.32. The number of benzene rings is 1. The first-order valence-electron chi connectivity index (χ1n) is 6.44. The number of hydrogen-bond acceptors (Lipinski definition) is 6. The summed E-state index contributed by atoms with van der Waals surface area (Å²) in [7, 11) is 1.51. The summed E-state index contributed by atoms with van der Waals surface area (Å²) in [5.41, 5.74) is 6.25. The van der Waals surface area contributed by atoms with Crippen LogP contribution in [0.4, 0.5) is 5.82 Å². The molecule has 108 valence electrons. The molecule has 0 aliphatic rings. The second-order valence-corrected chi connectivity index (χ2v) is 4.72. The fourth-order valence-corrected chi connectivity index (χ4v) is 1.71. The van der Waals surface area contributed by atoms with Gasteiger partial charge in [-0.25, -0.2) is 4.98 Å². The summed E-state index contributed by atoms with van der Waals surface area (Å²) < 4.78 is 10.9. The van der Waals surface area contributed by atoms with Gasteiger partial charge in [0.15, 0.2) is 11.5 Å². The van der Waals surface area contributed by atoms with Crippen molar-refractivity contribution in [2.24, 2.45) is 0 Å². The molecule has 0 atom stereocenters. The molecule has 2 N–H and O–H groups in total. The van der Waals surface area contributed by atoms with Gasteiger partial charge in [-0.1, -0.05) is 13.8 Å². The van der Waals surface area contributed by atoms with Crippen molar-refractivity contribution in [3.63, 3.8) is 0 Å². The zero-order chi connectivity index (χ0) is 15.4. The van der Waals surface area contributed by atoms with Crippen LogP contribution in [0.3, 0.4) is 0 Å². The van der Waals surface area contributed by atoms with E-state index in [1.807, 2.05) is 19.9 Å². The van der Waals surface area contributed by atoms with E-state index in [-0.39, 0.29) is 5.92 Å². The minimum absolute atomic E-state index is 0.138. The Bertz CT molecular complexity index is 693. The third-order valence-electron chi connectivity index (χ3n) is 2.76. The van der Waals surface area contributed by atoms with Gasteiger partial charge in [0.2, 0.25) is 5.88 Å². The molecule has 2 rings (SSSR count). The molecule has 0 saturated carbocycles. The number of aromatic nitrogens is 2. The second-order valence-electron chi connectivity index (χ2n) is 4.72. The molecule has 0 bridgehead atoms. The summed E-state index contributed by atoms with van der Waals surface area (Å²) >= 11 is 0. The maximum atomic E-state index is 8.89. The molecule has 6 nitrogen and oxygen atoms in total. The lowest BCUT2D eigenvalue weighted by atomic mass is 10.2. The van der Waals surface area contributed by atoms with Crippen LogP contribution in [-0.2, 0) is 0 Å². The quantitative estimate of drug-likeness (QED) is 0.927. The molecule has 1 aromatic carbocycles. The minimum atomic E-state index is 0.138. The lowest BCUT2D eigenvalue weighted by Gasteiger charge is -2.12. The highest BCUT2D eigenvalue weighted by molar-refractivity contribution is 5.48. The Morgan fingerprint density at radius 3 is 2.57 bits per heavy atom.